The number of halogens is 1. The molecule has 1 spiro atoms. The van der Waals surface area contributed by atoms with Gasteiger partial charge in [-0.3, -0.25) is 9.59 Å². The highest BCUT2D eigenvalue weighted by Crippen LogP contribution is 2.53. The molecule has 32 heavy (non-hydrogen) atoms. The molecular weight excluding hydrogens is 434 g/mol. The Balaban J connectivity index is 1.51. The zero-order valence-electron chi connectivity index (χ0n) is 17.6. The smallest absolute Gasteiger partial charge is 0.236 e. The predicted molar refractivity (Wildman–Crippen MR) is 119 cm³/mol. The summed E-state index contributed by atoms with van der Waals surface area (Å²) in [5.74, 6) is -0.688. The number of carbonyl (C=O) groups is 2. The quantitative estimate of drug-likeness (QED) is 0.572. The molecule has 2 atom stereocenters. The highest BCUT2D eigenvalue weighted by atomic mass is 35.5. The Bertz CT molecular complexity index is 1310. The molecule has 8 nitrogen and oxygen atoms in total. The fourth-order valence-electron chi connectivity index (χ4n) is 4.41. The molecule has 2 aliphatic rings. The molecule has 2 N–H and O–H groups in total. The summed E-state index contributed by atoms with van der Waals surface area (Å²) in [4.78, 5) is 34.1. The Morgan fingerprint density at radius 3 is 2.72 bits per heavy atom. The lowest BCUT2D eigenvalue weighted by atomic mass is 9.74. The lowest BCUT2D eigenvalue weighted by molar-refractivity contribution is -0.129. The number of fused-ring (bicyclic) bond motifs is 2. The first-order chi connectivity index (χ1) is 15.4. The molecule has 1 aliphatic heterocycles. The van der Waals surface area contributed by atoms with Crippen LogP contribution >= 0.6 is 11.6 Å². The van der Waals surface area contributed by atoms with Crippen LogP contribution in [0.15, 0.2) is 42.4 Å². The summed E-state index contributed by atoms with van der Waals surface area (Å²) < 4.78 is 16.7. The minimum absolute atomic E-state index is 0.113. The molecule has 2 aromatic carbocycles. The number of imidazole rings is 1. The number of benzene rings is 2. The van der Waals surface area contributed by atoms with Crippen LogP contribution in [0.5, 0.6) is 17.2 Å². The molecular formula is C23H20ClN3O5. The van der Waals surface area contributed by atoms with Gasteiger partial charge < -0.3 is 24.5 Å². The standard InChI is InChI=1S/C23H20ClN3O5/c1-11-6-13(27-12-4-5-14-15(7-12)26-10-25-14)8-18(28)23(11)22(29)19-16(30-2)9-17(31-3)20(24)21(19)32-23/h4-5,7-11,27H,6H2,1-3H3,(H,25,26)/t11-,23+/m1/s1. The molecule has 1 aliphatic carbocycles. The molecule has 0 amide bonds. The maximum atomic E-state index is 13.5. The highest BCUT2D eigenvalue weighted by Gasteiger charge is 2.60. The largest absolute Gasteiger partial charge is 0.496 e. The van der Waals surface area contributed by atoms with Gasteiger partial charge in [-0.15, -0.1) is 0 Å². The Kier molecular flexibility index (Phi) is 4.63. The number of anilines is 1. The van der Waals surface area contributed by atoms with E-state index < -0.39 is 23.1 Å². The van der Waals surface area contributed by atoms with Gasteiger partial charge in [0.05, 0.1) is 31.6 Å². The second-order valence-corrected chi connectivity index (χ2v) is 8.24. The number of hydrogen-bond donors (Lipinski definition) is 2. The third-order valence-corrected chi connectivity index (χ3v) is 6.39. The third-order valence-electron chi connectivity index (χ3n) is 6.04. The number of allylic oxidation sites excluding steroid dienone is 1. The minimum atomic E-state index is -1.69. The average Bonchev–Trinajstić information content (AvgIpc) is 3.36. The van der Waals surface area contributed by atoms with Gasteiger partial charge in [-0.25, -0.2) is 4.98 Å². The molecule has 0 bridgehead atoms. The SMILES string of the molecule is COc1cc(OC)c2c(c1Cl)O[C@@]1(C(=O)C=C(Nc3ccc4nc[nH]c4c3)C[C@H]1C)C2=O. The van der Waals surface area contributed by atoms with Crippen LogP contribution in [-0.4, -0.2) is 41.4 Å². The number of aromatic nitrogens is 2. The van der Waals surface area contributed by atoms with E-state index in [1.807, 2.05) is 25.1 Å². The minimum Gasteiger partial charge on any atom is -0.496 e. The van der Waals surface area contributed by atoms with E-state index in [4.69, 9.17) is 25.8 Å². The van der Waals surface area contributed by atoms with Crippen LogP contribution in [0.25, 0.3) is 11.0 Å². The second kappa shape index (κ2) is 7.27. The van der Waals surface area contributed by atoms with Crippen molar-refractivity contribution in [2.24, 2.45) is 5.92 Å². The van der Waals surface area contributed by atoms with E-state index in [0.717, 1.165) is 16.7 Å². The Hall–Kier alpha value is -3.52. The lowest BCUT2D eigenvalue weighted by Crippen LogP contribution is -2.55. The Labute approximate surface area is 188 Å². The fraction of sp³-hybridized carbons (Fsp3) is 0.261. The van der Waals surface area contributed by atoms with Gasteiger partial charge in [-0.1, -0.05) is 18.5 Å². The molecule has 0 unspecified atom stereocenters. The number of Topliss-reactive ketones (excluding diaryl/α,β-unsaturated/α-hetero) is 1. The summed E-state index contributed by atoms with van der Waals surface area (Å²) in [5.41, 5.74) is 1.69. The Morgan fingerprint density at radius 2 is 2.00 bits per heavy atom. The van der Waals surface area contributed by atoms with Crippen LogP contribution in [0.4, 0.5) is 5.69 Å². The summed E-state index contributed by atoms with van der Waals surface area (Å²) >= 11 is 6.42. The van der Waals surface area contributed by atoms with Crippen LogP contribution in [0, 0.1) is 5.92 Å². The molecule has 164 valence electrons. The summed E-state index contributed by atoms with van der Waals surface area (Å²) in [6.45, 7) is 1.81. The van der Waals surface area contributed by atoms with Crippen molar-refractivity contribution >= 4 is 39.9 Å². The molecule has 3 aromatic rings. The van der Waals surface area contributed by atoms with Gasteiger partial charge in [0.25, 0.3) is 0 Å². The van der Waals surface area contributed by atoms with Crippen molar-refractivity contribution in [3.63, 3.8) is 0 Å². The molecule has 1 aromatic heterocycles. The third kappa shape index (κ3) is 2.79. The average molecular weight is 454 g/mol. The predicted octanol–water partition coefficient (Wildman–Crippen LogP) is 4.15. The lowest BCUT2D eigenvalue weighted by Gasteiger charge is -2.35. The second-order valence-electron chi connectivity index (χ2n) is 7.86. The topological polar surface area (TPSA) is 103 Å². The van der Waals surface area contributed by atoms with Gasteiger partial charge in [-0.05, 0) is 24.6 Å². The molecule has 5 rings (SSSR count). The first-order valence-electron chi connectivity index (χ1n) is 10.0. The van der Waals surface area contributed by atoms with E-state index in [-0.39, 0.29) is 22.1 Å². The number of ketones is 2. The van der Waals surface area contributed by atoms with Crippen LogP contribution < -0.4 is 19.5 Å². The van der Waals surface area contributed by atoms with Crippen molar-refractivity contribution in [2.75, 3.05) is 19.5 Å². The van der Waals surface area contributed by atoms with Crippen molar-refractivity contribution in [1.82, 2.24) is 9.97 Å². The molecule has 0 fully saturated rings. The van der Waals surface area contributed by atoms with Gasteiger partial charge >= 0.3 is 0 Å². The number of hydrogen-bond acceptors (Lipinski definition) is 7. The summed E-state index contributed by atoms with van der Waals surface area (Å²) in [7, 11) is 2.89. The van der Waals surface area contributed by atoms with Crippen LogP contribution in [0.3, 0.4) is 0 Å². The number of ether oxygens (including phenoxy) is 3. The summed E-state index contributed by atoms with van der Waals surface area (Å²) in [6.07, 6.45) is 3.47. The van der Waals surface area contributed by atoms with Crippen molar-refractivity contribution in [3.8, 4) is 17.2 Å². The summed E-state index contributed by atoms with van der Waals surface area (Å²) in [6, 6.07) is 7.19. The number of methoxy groups -OCH3 is 2. The molecule has 0 saturated heterocycles. The van der Waals surface area contributed by atoms with E-state index in [0.29, 0.717) is 17.9 Å². The molecule has 0 radical (unpaired) electrons. The molecule has 9 heteroatoms. The zero-order valence-corrected chi connectivity index (χ0v) is 18.4. The van der Waals surface area contributed by atoms with Gasteiger partial charge in [0.1, 0.15) is 22.1 Å². The van der Waals surface area contributed by atoms with E-state index in [2.05, 4.69) is 15.3 Å². The fourth-order valence-corrected chi connectivity index (χ4v) is 4.68. The number of aromatic amines is 1. The summed E-state index contributed by atoms with van der Waals surface area (Å²) in [5, 5.41) is 3.41. The van der Waals surface area contributed by atoms with Crippen LogP contribution in [0.1, 0.15) is 23.7 Å². The van der Waals surface area contributed by atoms with Crippen molar-refractivity contribution in [3.05, 3.63) is 53.0 Å². The van der Waals surface area contributed by atoms with Crippen molar-refractivity contribution < 1.29 is 23.8 Å². The first kappa shape index (κ1) is 20.4. The van der Waals surface area contributed by atoms with Gasteiger partial charge in [0.15, 0.2) is 5.75 Å². The first-order valence-corrected chi connectivity index (χ1v) is 10.4. The van der Waals surface area contributed by atoms with E-state index >= 15 is 0 Å². The van der Waals surface area contributed by atoms with Gasteiger partial charge in [0.2, 0.25) is 17.2 Å². The maximum absolute atomic E-state index is 13.5. The molecule has 2 heterocycles. The molecule has 0 saturated carbocycles. The van der Waals surface area contributed by atoms with E-state index in [9.17, 15) is 9.59 Å². The number of nitrogens with one attached hydrogen (secondary N) is 2. The number of rotatable bonds is 4. The van der Waals surface area contributed by atoms with Crippen LogP contribution in [-0.2, 0) is 4.79 Å². The monoisotopic (exact) mass is 453 g/mol. The van der Waals surface area contributed by atoms with Crippen LogP contribution in [0.2, 0.25) is 5.02 Å². The van der Waals surface area contributed by atoms with Gasteiger partial charge in [0, 0.05) is 29.4 Å². The highest BCUT2D eigenvalue weighted by molar-refractivity contribution is 6.36. The number of H-pyrrole nitrogens is 1. The number of carbonyl (C=O) groups excluding carboxylic acids is 2. The van der Waals surface area contributed by atoms with Crippen molar-refractivity contribution in [1.29, 1.82) is 0 Å². The maximum Gasteiger partial charge on any atom is 0.236 e. The Morgan fingerprint density at radius 1 is 1.22 bits per heavy atom. The van der Waals surface area contributed by atoms with Crippen molar-refractivity contribution in [2.45, 2.75) is 18.9 Å². The number of nitrogens with zero attached hydrogens (tertiary/aromatic N) is 1. The van der Waals surface area contributed by atoms with E-state index in [1.165, 1.54) is 26.4 Å². The van der Waals surface area contributed by atoms with Gasteiger partial charge in [-0.2, -0.15) is 0 Å². The zero-order chi connectivity index (χ0) is 22.6. The normalized spacial score (nSPS) is 22.0. The van der Waals surface area contributed by atoms with E-state index in [1.54, 1.807) is 6.33 Å².